The lowest BCUT2D eigenvalue weighted by Crippen LogP contribution is -2.35. The molecule has 1 aromatic rings. The number of aromatic nitrogens is 2. The Kier molecular flexibility index (Phi) is 4.59. The lowest BCUT2D eigenvalue weighted by molar-refractivity contribution is 0.314. The number of hydrazine groups is 1. The molecule has 0 aliphatic heterocycles. The second-order valence-corrected chi connectivity index (χ2v) is 5.75. The molecule has 96 valence electrons. The first-order valence-electron chi connectivity index (χ1n) is 6.37. The molecular formula is C12H21BrN4. The van der Waals surface area contributed by atoms with Gasteiger partial charge in [-0.1, -0.05) is 25.7 Å². The van der Waals surface area contributed by atoms with E-state index in [0.29, 0.717) is 5.92 Å². The average molecular weight is 301 g/mol. The molecule has 1 aliphatic carbocycles. The molecule has 2 rings (SSSR count). The highest BCUT2D eigenvalue weighted by atomic mass is 79.9. The van der Waals surface area contributed by atoms with Gasteiger partial charge in [-0.2, -0.15) is 5.10 Å². The fourth-order valence-corrected chi connectivity index (χ4v) is 3.45. The van der Waals surface area contributed by atoms with Crippen LogP contribution < -0.4 is 11.3 Å². The van der Waals surface area contributed by atoms with Crippen LogP contribution in [0.3, 0.4) is 0 Å². The van der Waals surface area contributed by atoms with E-state index in [0.717, 1.165) is 4.47 Å². The Labute approximate surface area is 111 Å². The zero-order valence-electron chi connectivity index (χ0n) is 10.3. The number of hydrogen-bond acceptors (Lipinski definition) is 3. The van der Waals surface area contributed by atoms with Gasteiger partial charge in [-0.25, -0.2) is 0 Å². The molecule has 0 saturated heterocycles. The van der Waals surface area contributed by atoms with Gasteiger partial charge < -0.3 is 0 Å². The highest BCUT2D eigenvalue weighted by Crippen LogP contribution is 2.35. The Morgan fingerprint density at radius 2 is 2.06 bits per heavy atom. The lowest BCUT2D eigenvalue weighted by Gasteiger charge is -2.26. The Balaban J connectivity index is 2.20. The number of aryl methyl sites for hydroxylation is 1. The van der Waals surface area contributed by atoms with Crippen LogP contribution >= 0.6 is 15.9 Å². The summed E-state index contributed by atoms with van der Waals surface area (Å²) in [6, 6.07) is 0.204. The summed E-state index contributed by atoms with van der Waals surface area (Å²) < 4.78 is 2.96. The fraction of sp³-hybridized carbons (Fsp3) is 0.750. The zero-order valence-corrected chi connectivity index (χ0v) is 11.9. The van der Waals surface area contributed by atoms with Crippen molar-refractivity contribution in [2.75, 3.05) is 0 Å². The van der Waals surface area contributed by atoms with E-state index < -0.39 is 0 Å². The molecule has 1 aliphatic rings. The Morgan fingerprint density at radius 1 is 1.41 bits per heavy atom. The van der Waals surface area contributed by atoms with E-state index in [-0.39, 0.29) is 6.04 Å². The van der Waals surface area contributed by atoms with Crippen LogP contribution in [0.15, 0.2) is 10.7 Å². The van der Waals surface area contributed by atoms with Gasteiger partial charge in [0.15, 0.2) is 0 Å². The second kappa shape index (κ2) is 5.98. The third kappa shape index (κ3) is 2.89. The van der Waals surface area contributed by atoms with Gasteiger partial charge in [0.1, 0.15) is 0 Å². The van der Waals surface area contributed by atoms with Crippen molar-refractivity contribution in [3.63, 3.8) is 0 Å². The summed E-state index contributed by atoms with van der Waals surface area (Å²) in [5, 5.41) is 4.28. The van der Waals surface area contributed by atoms with E-state index in [1.54, 1.807) is 0 Å². The lowest BCUT2D eigenvalue weighted by atomic mass is 9.90. The second-order valence-electron chi connectivity index (χ2n) is 4.90. The third-order valence-corrected chi connectivity index (χ3v) is 4.39. The predicted octanol–water partition coefficient (Wildman–Crippen LogP) is 2.66. The molecule has 1 saturated carbocycles. The van der Waals surface area contributed by atoms with E-state index in [4.69, 9.17) is 5.84 Å². The van der Waals surface area contributed by atoms with Crippen molar-refractivity contribution in [1.82, 2.24) is 15.2 Å². The summed E-state index contributed by atoms with van der Waals surface area (Å²) in [6.45, 7) is 0. The van der Waals surface area contributed by atoms with Crippen LogP contribution in [0.4, 0.5) is 0 Å². The first-order valence-corrected chi connectivity index (χ1v) is 7.17. The van der Waals surface area contributed by atoms with E-state index in [9.17, 15) is 0 Å². The van der Waals surface area contributed by atoms with Gasteiger partial charge in [0.05, 0.1) is 22.4 Å². The summed E-state index contributed by atoms with van der Waals surface area (Å²) in [6.07, 6.45) is 9.71. The molecule has 0 radical (unpaired) electrons. The molecule has 5 heteroatoms. The monoisotopic (exact) mass is 300 g/mol. The highest BCUT2D eigenvalue weighted by Gasteiger charge is 2.27. The van der Waals surface area contributed by atoms with Gasteiger partial charge in [0.25, 0.3) is 0 Å². The molecule has 3 N–H and O–H groups in total. The molecule has 0 amide bonds. The molecule has 0 aromatic carbocycles. The molecule has 0 bridgehead atoms. The molecule has 1 atom stereocenters. The van der Waals surface area contributed by atoms with Gasteiger partial charge >= 0.3 is 0 Å². The molecule has 1 aromatic heterocycles. The van der Waals surface area contributed by atoms with Crippen molar-refractivity contribution >= 4 is 15.9 Å². The number of nitrogens with zero attached hydrogens (tertiary/aromatic N) is 2. The number of rotatable bonds is 3. The van der Waals surface area contributed by atoms with Crippen molar-refractivity contribution in [2.45, 2.75) is 44.6 Å². The SMILES string of the molecule is Cn1ncc(Br)c1C(NN)C1CCCCCC1. The normalized spacial score (nSPS) is 20.2. The van der Waals surface area contributed by atoms with Gasteiger partial charge in [0.2, 0.25) is 0 Å². The van der Waals surface area contributed by atoms with E-state index >= 15 is 0 Å². The quantitative estimate of drug-likeness (QED) is 0.513. The zero-order chi connectivity index (χ0) is 12.3. The molecule has 4 nitrogen and oxygen atoms in total. The van der Waals surface area contributed by atoms with E-state index in [1.807, 2.05) is 17.9 Å². The van der Waals surface area contributed by atoms with Crippen LogP contribution in [-0.2, 0) is 7.05 Å². The van der Waals surface area contributed by atoms with Crippen LogP contribution in [-0.4, -0.2) is 9.78 Å². The number of nitrogens with two attached hydrogens (primary N) is 1. The maximum Gasteiger partial charge on any atom is 0.0708 e. The van der Waals surface area contributed by atoms with Crippen molar-refractivity contribution < 1.29 is 0 Å². The van der Waals surface area contributed by atoms with E-state index in [1.165, 1.54) is 44.2 Å². The molecule has 0 spiro atoms. The van der Waals surface area contributed by atoms with Crippen LogP contribution in [0.5, 0.6) is 0 Å². The smallest absolute Gasteiger partial charge is 0.0708 e. The van der Waals surface area contributed by atoms with Crippen molar-refractivity contribution in [3.05, 3.63) is 16.4 Å². The highest BCUT2D eigenvalue weighted by molar-refractivity contribution is 9.10. The van der Waals surface area contributed by atoms with Crippen LogP contribution in [0, 0.1) is 5.92 Å². The van der Waals surface area contributed by atoms with Crippen molar-refractivity contribution in [2.24, 2.45) is 18.8 Å². The Hall–Kier alpha value is -0.390. The first-order chi connectivity index (χ1) is 8.24. The minimum absolute atomic E-state index is 0.204. The van der Waals surface area contributed by atoms with E-state index in [2.05, 4.69) is 26.5 Å². The largest absolute Gasteiger partial charge is 0.271 e. The standard InChI is InChI=1S/C12H21BrN4/c1-17-12(10(13)8-15-17)11(16-14)9-6-4-2-3-5-7-9/h8-9,11,16H,2-7,14H2,1H3. The van der Waals surface area contributed by atoms with Crippen LogP contribution in [0.1, 0.15) is 50.3 Å². The molecule has 1 unspecified atom stereocenters. The van der Waals surface area contributed by atoms with Crippen molar-refractivity contribution in [1.29, 1.82) is 0 Å². The molecule has 1 heterocycles. The minimum Gasteiger partial charge on any atom is -0.271 e. The fourth-order valence-electron chi connectivity index (χ4n) is 2.85. The average Bonchev–Trinajstić information content (AvgIpc) is 2.59. The summed E-state index contributed by atoms with van der Waals surface area (Å²) in [4.78, 5) is 0. The summed E-state index contributed by atoms with van der Waals surface area (Å²) in [5.41, 5.74) is 4.16. The minimum atomic E-state index is 0.204. The topological polar surface area (TPSA) is 55.9 Å². The maximum absolute atomic E-state index is 5.77. The maximum atomic E-state index is 5.77. The number of hydrogen-bond donors (Lipinski definition) is 2. The first kappa shape index (κ1) is 13.1. The Bertz CT molecular complexity index is 336. The van der Waals surface area contributed by atoms with Gasteiger partial charge in [-0.15, -0.1) is 0 Å². The molecular weight excluding hydrogens is 280 g/mol. The van der Waals surface area contributed by atoms with Crippen LogP contribution in [0.25, 0.3) is 0 Å². The summed E-state index contributed by atoms with van der Waals surface area (Å²) >= 11 is 3.57. The number of nitrogens with one attached hydrogen (secondary N) is 1. The summed E-state index contributed by atoms with van der Waals surface area (Å²) in [5.74, 6) is 6.39. The van der Waals surface area contributed by atoms with Gasteiger partial charge in [0, 0.05) is 7.05 Å². The summed E-state index contributed by atoms with van der Waals surface area (Å²) in [7, 11) is 1.97. The van der Waals surface area contributed by atoms with Gasteiger partial charge in [-0.05, 0) is 34.7 Å². The predicted molar refractivity (Wildman–Crippen MR) is 72.2 cm³/mol. The Morgan fingerprint density at radius 3 is 2.53 bits per heavy atom. The van der Waals surface area contributed by atoms with Crippen LogP contribution in [0.2, 0.25) is 0 Å². The molecule has 1 fully saturated rings. The van der Waals surface area contributed by atoms with Crippen molar-refractivity contribution in [3.8, 4) is 0 Å². The number of halogens is 1. The third-order valence-electron chi connectivity index (χ3n) is 3.78. The molecule has 17 heavy (non-hydrogen) atoms. The van der Waals surface area contributed by atoms with Gasteiger partial charge in [-0.3, -0.25) is 16.0 Å².